The van der Waals surface area contributed by atoms with Crippen molar-refractivity contribution in [2.45, 2.75) is 6.42 Å². The molecule has 0 bridgehead atoms. The molecule has 92 valence electrons. The zero-order valence-electron chi connectivity index (χ0n) is 9.28. The van der Waals surface area contributed by atoms with Crippen LogP contribution in [0.3, 0.4) is 0 Å². The van der Waals surface area contributed by atoms with E-state index in [0.29, 0.717) is 23.0 Å². The summed E-state index contributed by atoms with van der Waals surface area (Å²) in [7, 11) is 0. The minimum absolute atomic E-state index is 0.218. The molecule has 2 rings (SSSR count). The van der Waals surface area contributed by atoms with Gasteiger partial charge in [0.05, 0.1) is 0 Å². The Labute approximate surface area is 113 Å². The fourth-order valence-electron chi connectivity index (χ4n) is 1.45. The molecule has 0 unspecified atom stereocenters. The molecule has 1 aromatic carbocycles. The van der Waals surface area contributed by atoms with Gasteiger partial charge in [-0.25, -0.2) is 9.37 Å². The fraction of sp³-hybridized carbons (Fsp3) is 0.167. The van der Waals surface area contributed by atoms with Crippen molar-refractivity contribution in [3.05, 3.63) is 45.7 Å². The number of halogens is 2. The van der Waals surface area contributed by atoms with Crippen molar-refractivity contribution in [3.63, 3.8) is 0 Å². The van der Waals surface area contributed by atoms with Crippen molar-refractivity contribution in [2.75, 3.05) is 11.9 Å². The molecule has 0 aliphatic carbocycles. The highest BCUT2D eigenvalue weighted by molar-refractivity contribution is 7.16. The summed E-state index contributed by atoms with van der Waals surface area (Å²) in [6.45, 7) is 0.609. The Morgan fingerprint density at radius 1 is 1.50 bits per heavy atom. The minimum Gasteiger partial charge on any atom is -0.361 e. The Morgan fingerprint density at radius 3 is 3.00 bits per heavy atom. The van der Waals surface area contributed by atoms with Crippen molar-refractivity contribution in [3.8, 4) is 6.07 Å². The summed E-state index contributed by atoms with van der Waals surface area (Å²) >= 11 is 6.96. The minimum atomic E-state index is -0.239. The van der Waals surface area contributed by atoms with E-state index in [2.05, 4.69) is 10.3 Å². The van der Waals surface area contributed by atoms with E-state index in [1.54, 1.807) is 6.07 Å². The molecule has 1 N–H and O–H groups in total. The van der Waals surface area contributed by atoms with E-state index in [0.717, 1.165) is 5.56 Å². The largest absolute Gasteiger partial charge is 0.361 e. The molecule has 0 saturated heterocycles. The van der Waals surface area contributed by atoms with Crippen molar-refractivity contribution in [1.29, 1.82) is 5.26 Å². The van der Waals surface area contributed by atoms with E-state index < -0.39 is 0 Å². The monoisotopic (exact) mass is 281 g/mol. The molecule has 18 heavy (non-hydrogen) atoms. The summed E-state index contributed by atoms with van der Waals surface area (Å²) in [6.07, 6.45) is 0.677. The second kappa shape index (κ2) is 5.80. The summed E-state index contributed by atoms with van der Waals surface area (Å²) in [5.74, 6) is -0.239. The zero-order valence-corrected chi connectivity index (χ0v) is 10.9. The van der Waals surface area contributed by atoms with Crippen LogP contribution in [0.5, 0.6) is 0 Å². The van der Waals surface area contributed by atoms with Gasteiger partial charge in [-0.2, -0.15) is 5.26 Å². The summed E-state index contributed by atoms with van der Waals surface area (Å²) in [4.78, 5) is 4.40. The Hall–Kier alpha value is -1.64. The first-order chi connectivity index (χ1) is 8.69. The second-order valence-electron chi connectivity index (χ2n) is 3.56. The molecule has 0 atom stereocenters. The molecular formula is C12H9ClFN3S. The molecule has 0 aliphatic rings. The Bertz CT molecular complexity index is 591. The topological polar surface area (TPSA) is 48.7 Å². The summed E-state index contributed by atoms with van der Waals surface area (Å²) in [6, 6.07) is 8.42. The Kier molecular flexibility index (Phi) is 4.13. The average molecular weight is 282 g/mol. The van der Waals surface area contributed by atoms with Crippen LogP contribution in [0, 0.1) is 17.1 Å². The van der Waals surface area contributed by atoms with E-state index in [1.807, 2.05) is 12.1 Å². The van der Waals surface area contributed by atoms with Crippen LogP contribution in [0.25, 0.3) is 0 Å². The first-order valence-corrected chi connectivity index (χ1v) is 6.43. The standard InChI is InChI=1S/C12H9ClFN3S/c13-11-10(7-15)18-12(17-11)16-5-4-8-2-1-3-9(14)6-8/h1-3,6H,4-5H2,(H,16,17). The first kappa shape index (κ1) is 12.8. The van der Waals surface area contributed by atoms with E-state index in [1.165, 1.54) is 23.5 Å². The summed E-state index contributed by atoms with van der Waals surface area (Å²) in [5, 5.41) is 12.6. The molecule has 3 nitrogen and oxygen atoms in total. The number of anilines is 1. The van der Waals surface area contributed by atoms with E-state index in [9.17, 15) is 4.39 Å². The molecule has 0 radical (unpaired) electrons. The highest BCUT2D eigenvalue weighted by atomic mass is 35.5. The summed E-state index contributed by atoms with van der Waals surface area (Å²) < 4.78 is 12.9. The van der Waals surface area contributed by atoms with Crippen LogP contribution in [-0.4, -0.2) is 11.5 Å². The third-order valence-corrected chi connectivity index (χ3v) is 3.57. The van der Waals surface area contributed by atoms with E-state index in [4.69, 9.17) is 16.9 Å². The third-order valence-electron chi connectivity index (χ3n) is 2.27. The van der Waals surface area contributed by atoms with Crippen molar-refractivity contribution in [2.24, 2.45) is 0 Å². The molecule has 0 saturated carbocycles. The summed E-state index contributed by atoms with van der Waals surface area (Å²) in [5.41, 5.74) is 0.908. The van der Waals surface area contributed by atoms with Gasteiger partial charge < -0.3 is 5.32 Å². The highest BCUT2D eigenvalue weighted by Crippen LogP contribution is 2.25. The van der Waals surface area contributed by atoms with Crippen LogP contribution in [0.15, 0.2) is 24.3 Å². The van der Waals surface area contributed by atoms with Crippen LogP contribution in [0.1, 0.15) is 10.4 Å². The Balaban J connectivity index is 1.90. The number of hydrogen-bond donors (Lipinski definition) is 1. The lowest BCUT2D eigenvalue weighted by Gasteiger charge is -2.02. The molecule has 1 heterocycles. The maximum atomic E-state index is 12.9. The van der Waals surface area contributed by atoms with Crippen LogP contribution in [0.4, 0.5) is 9.52 Å². The van der Waals surface area contributed by atoms with Crippen molar-refractivity contribution in [1.82, 2.24) is 4.98 Å². The number of nitrogens with zero attached hydrogens (tertiary/aromatic N) is 2. The highest BCUT2D eigenvalue weighted by Gasteiger charge is 2.07. The number of rotatable bonds is 4. The third kappa shape index (κ3) is 3.19. The zero-order chi connectivity index (χ0) is 13.0. The van der Waals surface area contributed by atoms with Gasteiger partial charge in [0.1, 0.15) is 16.8 Å². The average Bonchev–Trinajstić information content (AvgIpc) is 2.70. The van der Waals surface area contributed by atoms with Crippen LogP contribution < -0.4 is 5.32 Å². The predicted molar refractivity (Wildman–Crippen MR) is 70.4 cm³/mol. The number of hydrogen-bond acceptors (Lipinski definition) is 4. The van der Waals surface area contributed by atoms with Crippen LogP contribution in [-0.2, 0) is 6.42 Å². The number of aromatic nitrogens is 1. The lowest BCUT2D eigenvalue weighted by atomic mass is 10.1. The molecular weight excluding hydrogens is 273 g/mol. The Morgan fingerprint density at radius 2 is 2.33 bits per heavy atom. The van der Waals surface area contributed by atoms with Gasteiger partial charge in [0.2, 0.25) is 0 Å². The molecule has 0 fully saturated rings. The van der Waals surface area contributed by atoms with Crippen LogP contribution >= 0.6 is 22.9 Å². The molecule has 0 aliphatic heterocycles. The molecule has 2 aromatic rings. The number of benzene rings is 1. The molecule has 0 spiro atoms. The van der Waals surface area contributed by atoms with Gasteiger partial charge in [-0.05, 0) is 24.1 Å². The lowest BCUT2D eigenvalue weighted by molar-refractivity contribution is 0.625. The number of nitriles is 1. The van der Waals surface area contributed by atoms with E-state index in [-0.39, 0.29) is 11.0 Å². The number of nitrogens with one attached hydrogen (secondary N) is 1. The van der Waals surface area contributed by atoms with Gasteiger partial charge in [-0.15, -0.1) is 0 Å². The maximum absolute atomic E-state index is 12.9. The van der Waals surface area contributed by atoms with Gasteiger partial charge >= 0.3 is 0 Å². The first-order valence-electron chi connectivity index (χ1n) is 5.24. The van der Waals surface area contributed by atoms with Gasteiger partial charge in [0, 0.05) is 6.54 Å². The smallest absolute Gasteiger partial charge is 0.185 e. The second-order valence-corrected chi connectivity index (χ2v) is 4.91. The fourth-order valence-corrected chi connectivity index (χ4v) is 2.42. The predicted octanol–water partition coefficient (Wildman–Crippen LogP) is 3.46. The quantitative estimate of drug-likeness (QED) is 0.934. The normalized spacial score (nSPS) is 10.1. The SMILES string of the molecule is N#Cc1sc(NCCc2cccc(F)c2)nc1Cl. The lowest BCUT2D eigenvalue weighted by Crippen LogP contribution is -2.04. The van der Waals surface area contributed by atoms with E-state index >= 15 is 0 Å². The van der Waals surface area contributed by atoms with Gasteiger partial charge in [-0.3, -0.25) is 0 Å². The van der Waals surface area contributed by atoms with Crippen molar-refractivity contribution < 1.29 is 4.39 Å². The molecule has 0 amide bonds. The van der Waals surface area contributed by atoms with Crippen LogP contribution in [0.2, 0.25) is 5.15 Å². The number of thiazole rings is 1. The van der Waals surface area contributed by atoms with Crippen molar-refractivity contribution >= 4 is 28.1 Å². The van der Waals surface area contributed by atoms with Gasteiger partial charge in [0.25, 0.3) is 0 Å². The maximum Gasteiger partial charge on any atom is 0.185 e. The molecule has 6 heteroatoms. The molecule has 1 aromatic heterocycles. The van der Waals surface area contributed by atoms with Gasteiger partial charge in [-0.1, -0.05) is 35.1 Å². The van der Waals surface area contributed by atoms with Gasteiger partial charge in [0.15, 0.2) is 10.3 Å².